The number of aliphatic hydroxyl groups excluding tert-OH is 1. The molecule has 1 saturated carbocycles. The second-order valence-electron chi connectivity index (χ2n) is 8.88. The average molecular weight is 440 g/mol. The Balaban J connectivity index is 2.02. The monoisotopic (exact) mass is 439 g/mol. The largest absolute Gasteiger partial charge is 0.493 e. The van der Waals surface area contributed by atoms with Crippen LogP contribution in [0.15, 0.2) is 4.79 Å². The van der Waals surface area contributed by atoms with E-state index in [-0.39, 0.29) is 30.5 Å². The van der Waals surface area contributed by atoms with Crippen LogP contribution in [0.25, 0.3) is 0 Å². The molecule has 1 aromatic rings. The zero-order chi connectivity index (χ0) is 22.6. The second-order valence-corrected chi connectivity index (χ2v) is 8.88. The molecular weight excluding hydrogens is 398 g/mol. The van der Waals surface area contributed by atoms with E-state index in [9.17, 15) is 19.8 Å². The number of aliphatic carboxylic acids is 1. The molecule has 0 radical (unpaired) electrons. The first-order valence-corrected chi connectivity index (χ1v) is 12.1. The number of aliphatic hydroxyl groups is 1. The van der Waals surface area contributed by atoms with Gasteiger partial charge in [0.25, 0.3) is 0 Å². The Labute approximate surface area is 185 Å². The van der Waals surface area contributed by atoms with Gasteiger partial charge in [-0.1, -0.05) is 51.9 Å². The molecule has 1 fully saturated rings. The highest BCUT2D eigenvalue weighted by Gasteiger charge is 2.24. The maximum absolute atomic E-state index is 13.0. The number of nitrogens with zero attached hydrogens (tertiary/aromatic N) is 2. The van der Waals surface area contributed by atoms with E-state index in [0.29, 0.717) is 25.1 Å². The highest BCUT2D eigenvalue weighted by molar-refractivity contribution is 5.66. The molecule has 0 spiro atoms. The van der Waals surface area contributed by atoms with Crippen LogP contribution < -0.4 is 11.1 Å². The Kier molecular flexibility index (Phi) is 11.0. The minimum atomic E-state index is -0.781. The van der Waals surface area contributed by atoms with E-state index in [4.69, 9.17) is 5.11 Å². The molecule has 1 aliphatic rings. The van der Waals surface area contributed by atoms with E-state index in [1.54, 1.807) is 0 Å². The number of carbonyl (C=O) groups is 1. The molecule has 4 N–H and O–H groups in total. The van der Waals surface area contributed by atoms with Crippen molar-refractivity contribution in [1.82, 2.24) is 9.24 Å². The minimum Gasteiger partial charge on any atom is -0.493 e. The quantitative estimate of drug-likeness (QED) is 0.310. The van der Waals surface area contributed by atoms with Crippen LogP contribution in [0.4, 0.5) is 0 Å². The molecule has 0 amide bonds. The molecule has 1 unspecified atom stereocenters. The summed E-state index contributed by atoms with van der Waals surface area (Å²) in [5.41, 5.74) is 3.36. The molecule has 1 atom stereocenters. The van der Waals surface area contributed by atoms with E-state index in [2.05, 4.69) is 12.3 Å². The lowest BCUT2D eigenvalue weighted by Gasteiger charge is -2.27. The molecule has 0 saturated heterocycles. The van der Waals surface area contributed by atoms with Crippen LogP contribution >= 0.6 is 0 Å². The number of aromatic hydroxyl groups is 1. The highest BCUT2D eigenvalue weighted by atomic mass is 16.4. The predicted molar refractivity (Wildman–Crippen MR) is 121 cm³/mol. The van der Waals surface area contributed by atoms with Crippen LogP contribution in [0.3, 0.4) is 0 Å². The summed E-state index contributed by atoms with van der Waals surface area (Å²) in [6.45, 7) is 2.86. The first-order valence-electron chi connectivity index (χ1n) is 12.1. The van der Waals surface area contributed by atoms with Crippen molar-refractivity contribution < 1.29 is 20.1 Å². The van der Waals surface area contributed by atoms with Crippen LogP contribution in [-0.4, -0.2) is 43.2 Å². The third-order valence-electron chi connectivity index (χ3n) is 6.40. The van der Waals surface area contributed by atoms with Crippen molar-refractivity contribution in [2.75, 3.05) is 12.0 Å². The summed E-state index contributed by atoms with van der Waals surface area (Å²) < 4.78 is 2.85. The van der Waals surface area contributed by atoms with E-state index < -0.39 is 12.1 Å². The summed E-state index contributed by atoms with van der Waals surface area (Å²) in [7, 11) is 0. The van der Waals surface area contributed by atoms with Gasteiger partial charge in [0.05, 0.1) is 12.6 Å². The van der Waals surface area contributed by atoms with Gasteiger partial charge in [0.1, 0.15) is 5.69 Å². The first kappa shape index (κ1) is 25.3. The number of aromatic nitrogens is 2. The van der Waals surface area contributed by atoms with E-state index >= 15 is 0 Å². The summed E-state index contributed by atoms with van der Waals surface area (Å²) in [4.78, 5) is 23.6. The van der Waals surface area contributed by atoms with Gasteiger partial charge >= 0.3 is 11.7 Å². The highest BCUT2D eigenvalue weighted by Crippen LogP contribution is 2.26. The molecular formula is C23H41N3O5. The van der Waals surface area contributed by atoms with E-state index in [1.807, 2.05) is 0 Å². The van der Waals surface area contributed by atoms with Crippen molar-refractivity contribution in [2.45, 2.75) is 109 Å². The molecule has 8 heteroatoms. The predicted octanol–water partition coefficient (Wildman–Crippen LogP) is 3.61. The van der Waals surface area contributed by atoms with E-state index in [0.717, 1.165) is 64.2 Å². The molecule has 178 valence electrons. The summed E-state index contributed by atoms with van der Waals surface area (Å²) in [5.74, 6) is -0.516. The maximum Gasteiger partial charge on any atom is 0.349 e. The van der Waals surface area contributed by atoms with Crippen LogP contribution in [-0.2, 0) is 17.8 Å². The average Bonchev–Trinajstić information content (AvgIpc) is 2.98. The smallest absolute Gasteiger partial charge is 0.349 e. The fourth-order valence-electron chi connectivity index (χ4n) is 4.48. The molecule has 0 bridgehead atoms. The third kappa shape index (κ3) is 7.91. The van der Waals surface area contributed by atoms with Gasteiger partial charge in [-0.3, -0.25) is 9.36 Å². The molecule has 2 rings (SSSR count). The van der Waals surface area contributed by atoms with Gasteiger partial charge in [-0.15, -0.1) is 0 Å². The van der Waals surface area contributed by atoms with Gasteiger partial charge in [0, 0.05) is 13.0 Å². The SMILES string of the molecule is CCCCCn1c(O)c(CCCCCCC(=O)O)n(NCC(O)C2CCCCC2)c1=O. The molecule has 0 aliphatic heterocycles. The summed E-state index contributed by atoms with van der Waals surface area (Å²) in [6, 6.07) is 0. The number of imidazole rings is 1. The molecule has 1 heterocycles. The fourth-order valence-corrected chi connectivity index (χ4v) is 4.48. The van der Waals surface area contributed by atoms with Crippen LogP contribution in [0.5, 0.6) is 5.88 Å². The van der Waals surface area contributed by atoms with Crippen LogP contribution in [0.1, 0.15) is 96.1 Å². The van der Waals surface area contributed by atoms with Gasteiger partial charge in [0.2, 0.25) is 5.88 Å². The number of hydrogen-bond donors (Lipinski definition) is 4. The van der Waals surface area contributed by atoms with Crippen molar-refractivity contribution in [3.8, 4) is 5.88 Å². The van der Waals surface area contributed by atoms with Gasteiger partial charge in [-0.05, 0) is 44.4 Å². The van der Waals surface area contributed by atoms with Gasteiger partial charge in [0.15, 0.2) is 0 Å². The van der Waals surface area contributed by atoms with E-state index in [1.165, 1.54) is 15.7 Å². The normalized spacial score (nSPS) is 15.8. The minimum absolute atomic E-state index is 0.00583. The third-order valence-corrected chi connectivity index (χ3v) is 6.40. The first-order chi connectivity index (χ1) is 15.0. The summed E-state index contributed by atoms with van der Waals surface area (Å²) in [5, 5.41) is 30.1. The molecule has 1 aromatic heterocycles. The van der Waals surface area contributed by atoms with Gasteiger partial charge in [-0.25, -0.2) is 9.47 Å². The van der Waals surface area contributed by atoms with Crippen molar-refractivity contribution in [1.29, 1.82) is 0 Å². The lowest BCUT2D eigenvalue weighted by molar-refractivity contribution is -0.137. The number of rotatable bonds is 15. The lowest BCUT2D eigenvalue weighted by atomic mass is 9.85. The number of carboxylic acids is 1. The van der Waals surface area contributed by atoms with Crippen molar-refractivity contribution in [3.05, 3.63) is 16.2 Å². The maximum atomic E-state index is 13.0. The lowest BCUT2D eigenvalue weighted by Crippen LogP contribution is -2.38. The Morgan fingerprint density at radius 3 is 2.48 bits per heavy atom. The Bertz CT molecular complexity index is 722. The Morgan fingerprint density at radius 2 is 1.81 bits per heavy atom. The number of hydrogen-bond acceptors (Lipinski definition) is 5. The number of carboxylic acid groups (broad SMARTS) is 1. The zero-order valence-corrected chi connectivity index (χ0v) is 19.0. The number of unbranched alkanes of at least 4 members (excludes halogenated alkanes) is 5. The van der Waals surface area contributed by atoms with Crippen molar-refractivity contribution >= 4 is 5.97 Å². The number of nitrogens with one attached hydrogen (secondary N) is 1. The second kappa shape index (κ2) is 13.5. The van der Waals surface area contributed by atoms with Crippen molar-refractivity contribution in [2.24, 2.45) is 5.92 Å². The summed E-state index contributed by atoms with van der Waals surface area (Å²) >= 11 is 0. The molecule has 0 aromatic carbocycles. The fraction of sp³-hybridized carbons (Fsp3) is 0.826. The molecule has 31 heavy (non-hydrogen) atoms. The molecule has 8 nitrogen and oxygen atoms in total. The van der Waals surface area contributed by atoms with Gasteiger partial charge < -0.3 is 20.7 Å². The summed E-state index contributed by atoms with van der Waals surface area (Å²) in [6.07, 6.45) is 11.6. The Hall–Kier alpha value is -1.96. The molecule has 1 aliphatic carbocycles. The zero-order valence-electron chi connectivity index (χ0n) is 19.0. The topological polar surface area (TPSA) is 117 Å². The Morgan fingerprint density at radius 1 is 1.10 bits per heavy atom. The van der Waals surface area contributed by atoms with Crippen LogP contribution in [0.2, 0.25) is 0 Å². The van der Waals surface area contributed by atoms with Crippen molar-refractivity contribution in [3.63, 3.8) is 0 Å². The standard InChI is InChI=1S/C23H41N3O5/c1-2-3-11-16-25-22(30)19(14-9-4-5-10-15-21(28)29)26(23(25)31)24-17-20(27)18-12-7-6-8-13-18/h18,20,24,27,30H,2-17H2,1H3,(H,28,29). The van der Waals surface area contributed by atoms with Gasteiger partial charge in [-0.2, -0.15) is 0 Å². The van der Waals surface area contributed by atoms with Crippen LogP contribution in [0, 0.1) is 5.92 Å².